The molecule has 0 rings (SSSR count). The molecule has 0 radical (unpaired) electrons. The minimum absolute atomic E-state index is 0.652. The highest BCUT2D eigenvalue weighted by Gasteiger charge is 2.01. The summed E-state index contributed by atoms with van der Waals surface area (Å²) in [6, 6.07) is 0.652. The summed E-state index contributed by atoms with van der Waals surface area (Å²) in [6.07, 6.45) is 47.7. The second kappa shape index (κ2) is 38.9. The zero-order valence-corrected chi connectivity index (χ0v) is 30.0. The highest BCUT2D eigenvalue weighted by molar-refractivity contribution is 4.63. The van der Waals surface area contributed by atoms with Gasteiger partial charge in [-0.25, -0.2) is 0 Å². The van der Waals surface area contributed by atoms with E-state index < -0.39 is 0 Å². The van der Waals surface area contributed by atoms with Gasteiger partial charge in [-0.05, 0) is 45.8 Å². The molecule has 0 amide bonds. The monoisotopic (exact) mass is 593 g/mol. The molecule has 2 nitrogen and oxygen atoms in total. The highest BCUT2D eigenvalue weighted by Crippen LogP contribution is 2.15. The predicted molar refractivity (Wildman–Crippen MR) is 194 cm³/mol. The average Bonchev–Trinajstić information content (AvgIpc) is 3.00. The van der Waals surface area contributed by atoms with Gasteiger partial charge in [-0.15, -0.1) is 0 Å². The standard InChI is InChI=1S/C40H84N2/c1-4-6-8-10-12-14-16-18-20-22-24-26-28-30-32-34-37-41-39-36-40(3)42-38-35-33-31-29-27-25-23-21-19-17-15-13-11-9-7-5-2/h40-42H,4-39H2,1-3H3. The fraction of sp³-hybridized carbons (Fsp3) is 1.00. The second-order valence-electron chi connectivity index (χ2n) is 14.0. The van der Waals surface area contributed by atoms with E-state index in [9.17, 15) is 0 Å². The molecular weight excluding hydrogens is 508 g/mol. The van der Waals surface area contributed by atoms with Crippen LogP contribution in [0.25, 0.3) is 0 Å². The summed E-state index contributed by atoms with van der Waals surface area (Å²) < 4.78 is 0. The minimum atomic E-state index is 0.652. The Labute approximate surface area is 268 Å². The smallest absolute Gasteiger partial charge is 0.00508 e. The zero-order chi connectivity index (χ0) is 30.4. The largest absolute Gasteiger partial charge is 0.317 e. The Morgan fingerprint density at radius 2 is 0.571 bits per heavy atom. The molecule has 2 N–H and O–H groups in total. The van der Waals surface area contributed by atoms with Crippen LogP contribution < -0.4 is 10.6 Å². The molecule has 1 atom stereocenters. The van der Waals surface area contributed by atoms with Gasteiger partial charge in [-0.2, -0.15) is 0 Å². The molecule has 42 heavy (non-hydrogen) atoms. The first-order valence-corrected chi connectivity index (χ1v) is 20.2. The van der Waals surface area contributed by atoms with Crippen LogP contribution >= 0.6 is 0 Å². The third-order valence-electron chi connectivity index (χ3n) is 9.48. The number of hydrogen-bond donors (Lipinski definition) is 2. The van der Waals surface area contributed by atoms with E-state index >= 15 is 0 Å². The summed E-state index contributed by atoms with van der Waals surface area (Å²) in [6.45, 7) is 10.6. The first kappa shape index (κ1) is 41.9. The molecular formula is C40H84N2. The van der Waals surface area contributed by atoms with Crippen molar-refractivity contribution in [3.05, 3.63) is 0 Å². The van der Waals surface area contributed by atoms with Gasteiger partial charge >= 0.3 is 0 Å². The Balaban J connectivity index is 3.13. The van der Waals surface area contributed by atoms with E-state index in [0.29, 0.717) is 6.04 Å². The van der Waals surface area contributed by atoms with Crippen molar-refractivity contribution in [2.24, 2.45) is 0 Å². The average molecular weight is 593 g/mol. The van der Waals surface area contributed by atoms with Crippen LogP contribution in [0.2, 0.25) is 0 Å². The number of rotatable bonds is 38. The molecule has 0 aromatic rings. The van der Waals surface area contributed by atoms with Crippen molar-refractivity contribution in [2.75, 3.05) is 19.6 Å². The zero-order valence-electron chi connectivity index (χ0n) is 30.0. The lowest BCUT2D eigenvalue weighted by molar-refractivity contribution is 0.469. The molecule has 0 aromatic heterocycles. The van der Waals surface area contributed by atoms with Crippen molar-refractivity contribution in [1.82, 2.24) is 10.6 Å². The molecule has 0 aliphatic rings. The van der Waals surface area contributed by atoms with Gasteiger partial charge in [0.2, 0.25) is 0 Å². The first-order valence-electron chi connectivity index (χ1n) is 20.2. The molecule has 1 unspecified atom stereocenters. The van der Waals surface area contributed by atoms with Crippen molar-refractivity contribution in [2.45, 2.75) is 239 Å². The van der Waals surface area contributed by atoms with Gasteiger partial charge in [-0.1, -0.05) is 206 Å². The summed E-state index contributed by atoms with van der Waals surface area (Å²) in [7, 11) is 0. The Kier molecular flexibility index (Phi) is 38.9. The fourth-order valence-electron chi connectivity index (χ4n) is 6.37. The molecule has 2 heteroatoms. The van der Waals surface area contributed by atoms with Gasteiger partial charge in [0.15, 0.2) is 0 Å². The molecule has 0 spiro atoms. The summed E-state index contributed by atoms with van der Waals surface area (Å²) in [5, 5.41) is 7.44. The third kappa shape index (κ3) is 37.9. The van der Waals surface area contributed by atoms with E-state index in [1.165, 1.54) is 232 Å². The molecule has 0 saturated heterocycles. The highest BCUT2D eigenvalue weighted by atomic mass is 14.9. The van der Waals surface area contributed by atoms with Crippen molar-refractivity contribution in [3.8, 4) is 0 Å². The molecule has 0 aliphatic heterocycles. The van der Waals surface area contributed by atoms with E-state index in [2.05, 4.69) is 31.4 Å². The second-order valence-corrected chi connectivity index (χ2v) is 14.0. The maximum absolute atomic E-state index is 3.75. The Hall–Kier alpha value is -0.0800. The van der Waals surface area contributed by atoms with Crippen LogP contribution in [-0.2, 0) is 0 Å². The van der Waals surface area contributed by atoms with E-state index in [-0.39, 0.29) is 0 Å². The van der Waals surface area contributed by atoms with Crippen molar-refractivity contribution in [1.29, 1.82) is 0 Å². The van der Waals surface area contributed by atoms with E-state index in [0.717, 1.165) is 0 Å². The molecule has 0 aliphatic carbocycles. The van der Waals surface area contributed by atoms with Gasteiger partial charge in [-0.3, -0.25) is 0 Å². The van der Waals surface area contributed by atoms with Crippen molar-refractivity contribution in [3.63, 3.8) is 0 Å². The number of unbranched alkanes of at least 4 members (excludes halogenated alkanes) is 30. The summed E-state index contributed by atoms with van der Waals surface area (Å²) >= 11 is 0. The quantitative estimate of drug-likeness (QED) is 0.0697. The van der Waals surface area contributed by atoms with Crippen LogP contribution in [0.5, 0.6) is 0 Å². The predicted octanol–water partition coefficient (Wildman–Crippen LogP) is 13.5. The number of nitrogens with one attached hydrogen (secondary N) is 2. The first-order chi connectivity index (χ1) is 20.8. The molecule has 0 bridgehead atoms. The van der Waals surface area contributed by atoms with Crippen molar-refractivity contribution < 1.29 is 0 Å². The Morgan fingerprint density at radius 1 is 0.310 bits per heavy atom. The normalized spacial score (nSPS) is 12.4. The lowest BCUT2D eigenvalue weighted by Gasteiger charge is -2.14. The van der Waals surface area contributed by atoms with E-state index in [4.69, 9.17) is 0 Å². The molecule has 0 saturated carbocycles. The van der Waals surface area contributed by atoms with Crippen LogP contribution in [0.1, 0.15) is 233 Å². The minimum Gasteiger partial charge on any atom is -0.317 e. The molecule has 0 heterocycles. The van der Waals surface area contributed by atoms with Crippen LogP contribution in [0.3, 0.4) is 0 Å². The maximum atomic E-state index is 3.75. The van der Waals surface area contributed by atoms with Gasteiger partial charge in [0.05, 0.1) is 0 Å². The van der Waals surface area contributed by atoms with Gasteiger partial charge in [0.25, 0.3) is 0 Å². The lowest BCUT2D eigenvalue weighted by atomic mass is 10.0. The van der Waals surface area contributed by atoms with Crippen molar-refractivity contribution >= 4 is 0 Å². The lowest BCUT2D eigenvalue weighted by Crippen LogP contribution is -2.31. The summed E-state index contributed by atoms with van der Waals surface area (Å²) in [5.74, 6) is 0. The van der Waals surface area contributed by atoms with Crippen LogP contribution in [-0.4, -0.2) is 25.7 Å². The van der Waals surface area contributed by atoms with Crippen LogP contribution in [0.15, 0.2) is 0 Å². The van der Waals surface area contributed by atoms with Gasteiger partial charge in [0, 0.05) is 6.04 Å². The topological polar surface area (TPSA) is 24.1 Å². The van der Waals surface area contributed by atoms with Crippen LogP contribution in [0, 0.1) is 0 Å². The Bertz CT molecular complexity index is 451. The van der Waals surface area contributed by atoms with Crippen LogP contribution in [0.4, 0.5) is 0 Å². The summed E-state index contributed by atoms with van der Waals surface area (Å²) in [4.78, 5) is 0. The maximum Gasteiger partial charge on any atom is 0.00508 e. The molecule has 254 valence electrons. The summed E-state index contributed by atoms with van der Waals surface area (Å²) in [5.41, 5.74) is 0. The van der Waals surface area contributed by atoms with Gasteiger partial charge in [0.1, 0.15) is 0 Å². The fourth-order valence-corrected chi connectivity index (χ4v) is 6.37. The SMILES string of the molecule is CCCCCCCCCCCCCCCCCCNCCC(C)NCCCCCCCCCCCCCCCCCC. The third-order valence-corrected chi connectivity index (χ3v) is 9.48. The Morgan fingerprint density at radius 3 is 0.881 bits per heavy atom. The van der Waals surface area contributed by atoms with E-state index in [1.54, 1.807) is 0 Å². The van der Waals surface area contributed by atoms with E-state index in [1.807, 2.05) is 0 Å². The number of hydrogen-bond acceptors (Lipinski definition) is 2. The van der Waals surface area contributed by atoms with Gasteiger partial charge < -0.3 is 10.6 Å². The molecule has 0 aromatic carbocycles. The molecule has 0 fully saturated rings.